The monoisotopic (exact) mass is 595 g/mol. The van der Waals surface area contributed by atoms with Crippen molar-refractivity contribution in [2.75, 3.05) is 6.61 Å². The van der Waals surface area contributed by atoms with Gasteiger partial charge in [-0.1, -0.05) is 90.6 Å². The summed E-state index contributed by atoms with van der Waals surface area (Å²) in [5, 5.41) is 13.1. The molecule has 214 valence electrons. The molecule has 3 N–H and O–H groups in total. The van der Waals surface area contributed by atoms with Crippen LogP contribution in [0.2, 0.25) is 10.0 Å². The molecule has 8 nitrogen and oxygen atoms in total. The molecule has 5 rings (SSSR count). The van der Waals surface area contributed by atoms with Gasteiger partial charge in [0.15, 0.2) is 0 Å². The Hall–Kier alpha value is -3.43. The number of rotatable bonds is 8. The summed E-state index contributed by atoms with van der Waals surface area (Å²) in [6.07, 6.45) is 2.92. The van der Waals surface area contributed by atoms with Crippen molar-refractivity contribution in [1.29, 1.82) is 0 Å². The molecule has 0 bridgehead atoms. The Kier molecular flexibility index (Phi) is 9.25. The van der Waals surface area contributed by atoms with Crippen molar-refractivity contribution in [1.82, 2.24) is 15.7 Å². The lowest BCUT2D eigenvalue weighted by Crippen LogP contribution is -2.59. The molecular weight excluding hydrogens is 565 g/mol. The summed E-state index contributed by atoms with van der Waals surface area (Å²) in [5.74, 6) is -2.10. The lowest BCUT2D eigenvalue weighted by molar-refractivity contribution is -0.138. The van der Waals surface area contributed by atoms with Gasteiger partial charge >= 0.3 is 0 Å². The number of nitrogens with zero attached hydrogens (tertiary/aromatic N) is 1. The third kappa shape index (κ3) is 6.26. The van der Waals surface area contributed by atoms with E-state index >= 15 is 0 Å². The van der Waals surface area contributed by atoms with E-state index in [1.54, 1.807) is 47.4 Å². The molecule has 3 aromatic rings. The second-order valence-electron chi connectivity index (χ2n) is 10.3. The lowest BCUT2D eigenvalue weighted by Gasteiger charge is -2.49. The number of carbonyl (C=O) groups is 3. The van der Waals surface area contributed by atoms with Gasteiger partial charge in [-0.25, -0.2) is 5.48 Å². The quantitative estimate of drug-likeness (QED) is 0.320. The first-order chi connectivity index (χ1) is 19.9. The van der Waals surface area contributed by atoms with Crippen LogP contribution in [-0.4, -0.2) is 46.4 Å². The summed E-state index contributed by atoms with van der Waals surface area (Å²) in [4.78, 5) is 47.9. The van der Waals surface area contributed by atoms with Gasteiger partial charge in [0, 0.05) is 21.7 Å². The molecule has 1 fully saturated rings. The van der Waals surface area contributed by atoms with Crippen molar-refractivity contribution >= 4 is 40.9 Å². The number of aliphatic hydroxyl groups is 1. The minimum atomic E-state index is -0.880. The van der Waals surface area contributed by atoms with Crippen LogP contribution in [0, 0.1) is 0 Å². The van der Waals surface area contributed by atoms with Gasteiger partial charge in [-0.2, -0.15) is 0 Å². The van der Waals surface area contributed by atoms with Gasteiger partial charge < -0.3 is 15.3 Å². The van der Waals surface area contributed by atoms with Crippen LogP contribution < -0.4 is 10.8 Å². The zero-order valence-electron chi connectivity index (χ0n) is 22.3. The number of hydrogen-bond acceptors (Lipinski definition) is 5. The standard InChI is InChI=1S/C31H31Cl2N3O5/c32-20-14-15-23(24(33)16-20)29-28(30(39)35-41-18-19-8-2-1-3-9-19)21-10-4-5-11-22(21)31(40)36(29)26-13-7-6-12-25(26)34-27(38)17-37/h1-5,8-11,14-16,25-26,28-29,37H,6-7,12-13,17-18H2,(H,34,38)(H,35,39). The van der Waals surface area contributed by atoms with Gasteiger partial charge in [-0.05, 0) is 47.7 Å². The number of hydroxylamine groups is 1. The Morgan fingerprint density at radius 2 is 1.68 bits per heavy atom. The van der Waals surface area contributed by atoms with Gasteiger partial charge in [-0.3, -0.25) is 19.2 Å². The second-order valence-corrected chi connectivity index (χ2v) is 11.2. The smallest absolute Gasteiger partial charge is 0.255 e. The van der Waals surface area contributed by atoms with E-state index in [2.05, 4.69) is 10.8 Å². The third-order valence-electron chi connectivity index (χ3n) is 7.77. The predicted octanol–water partition coefficient (Wildman–Crippen LogP) is 4.94. The van der Waals surface area contributed by atoms with Crippen molar-refractivity contribution < 1.29 is 24.3 Å². The van der Waals surface area contributed by atoms with Crippen LogP contribution in [0.15, 0.2) is 72.8 Å². The fourth-order valence-electron chi connectivity index (χ4n) is 5.96. The van der Waals surface area contributed by atoms with E-state index in [0.29, 0.717) is 39.6 Å². The highest BCUT2D eigenvalue weighted by atomic mass is 35.5. The summed E-state index contributed by atoms with van der Waals surface area (Å²) in [6, 6.07) is 19.8. The highest BCUT2D eigenvalue weighted by Crippen LogP contribution is 2.47. The summed E-state index contributed by atoms with van der Waals surface area (Å²) < 4.78 is 0. The van der Waals surface area contributed by atoms with Crippen LogP contribution in [0.1, 0.15) is 64.7 Å². The SMILES string of the molecule is O=C(CO)NC1CCCCC1N1C(=O)c2ccccc2C(C(=O)NOCc2ccccc2)C1c1ccc(Cl)cc1Cl. The van der Waals surface area contributed by atoms with Gasteiger partial charge in [0.2, 0.25) is 5.91 Å². The first kappa shape index (κ1) is 29.1. The van der Waals surface area contributed by atoms with E-state index in [1.165, 1.54) is 0 Å². The fourth-order valence-corrected chi connectivity index (χ4v) is 6.48. The number of fused-ring (bicyclic) bond motifs is 1. The lowest BCUT2D eigenvalue weighted by atomic mass is 9.76. The highest BCUT2D eigenvalue weighted by Gasteiger charge is 2.49. The maximum absolute atomic E-state index is 14.3. The van der Waals surface area contributed by atoms with Crippen molar-refractivity contribution in [3.63, 3.8) is 0 Å². The predicted molar refractivity (Wildman–Crippen MR) is 155 cm³/mol. The van der Waals surface area contributed by atoms with Crippen molar-refractivity contribution in [2.24, 2.45) is 0 Å². The van der Waals surface area contributed by atoms with Gasteiger partial charge in [0.25, 0.3) is 11.8 Å². The molecule has 0 aromatic heterocycles. The summed E-state index contributed by atoms with van der Waals surface area (Å²) in [6.45, 7) is -0.496. The number of benzene rings is 3. The highest BCUT2D eigenvalue weighted by molar-refractivity contribution is 6.35. The van der Waals surface area contributed by atoms with E-state index in [1.807, 2.05) is 30.3 Å². The Balaban J connectivity index is 1.59. The van der Waals surface area contributed by atoms with E-state index in [9.17, 15) is 19.5 Å². The number of nitrogens with one attached hydrogen (secondary N) is 2. The summed E-state index contributed by atoms with van der Waals surface area (Å²) in [5.41, 5.74) is 5.01. The van der Waals surface area contributed by atoms with Gasteiger partial charge in [0.1, 0.15) is 6.61 Å². The van der Waals surface area contributed by atoms with Crippen LogP contribution in [0.3, 0.4) is 0 Å². The van der Waals surface area contributed by atoms with Crippen LogP contribution in [0.5, 0.6) is 0 Å². The van der Waals surface area contributed by atoms with E-state index < -0.39 is 42.5 Å². The molecule has 4 atom stereocenters. The topological polar surface area (TPSA) is 108 Å². The molecule has 0 saturated heterocycles. The molecule has 3 amide bonds. The van der Waals surface area contributed by atoms with Crippen molar-refractivity contribution in [3.8, 4) is 0 Å². The maximum Gasteiger partial charge on any atom is 0.255 e. The first-order valence-electron chi connectivity index (χ1n) is 13.6. The molecule has 4 unspecified atom stereocenters. The Morgan fingerprint density at radius 1 is 0.951 bits per heavy atom. The average Bonchev–Trinajstić information content (AvgIpc) is 2.98. The summed E-state index contributed by atoms with van der Waals surface area (Å²) in [7, 11) is 0. The van der Waals surface area contributed by atoms with E-state index in [4.69, 9.17) is 28.0 Å². The molecule has 1 heterocycles. The zero-order chi connectivity index (χ0) is 28.9. The first-order valence-corrected chi connectivity index (χ1v) is 14.4. The normalized spacial score (nSPS) is 22.1. The van der Waals surface area contributed by atoms with Crippen molar-refractivity contribution in [2.45, 2.75) is 56.3 Å². The number of amides is 3. The number of hydrogen-bond donors (Lipinski definition) is 3. The molecule has 3 aromatic carbocycles. The summed E-state index contributed by atoms with van der Waals surface area (Å²) >= 11 is 13.0. The molecule has 1 saturated carbocycles. The Bertz CT molecular complexity index is 1420. The van der Waals surface area contributed by atoms with Crippen LogP contribution in [-0.2, 0) is 21.0 Å². The number of carbonyl (C=O) groups excluding carboxylic acids is 3. The van der Waals surface area contributed by atoms with E-state index in [0.717, 1.165) is 18.4 Å². The molecule has 0 radical (unpaired) electrons. The second kappa shape index (κ2) is 13.0. The molecular formula is C31H31Cl2N3O5. The number of aliphatic hydroxyl groups excluding tert-OH is 1. The molecule has 1 aliphatic carbocycles. The van der Waals surface area contributed by atoms with Gasteiger partial charge in [-0.15, -0.1) is 0 Å². The largest absolute Gasteiger partial charge is 0.387 e. The molecule has 0 spiro atoms. The van der Waals surface area contributed by atoms with Crippen LogP contribution in [0.4, 0.5) is 0 Å². The van der Waals surface area contributed by atoms with Crippen LogP contribution in [0.25, 0.3) is 0 Å². The van der Waals surface area contributed by atoms with Crippen LogP contribution >= 0.6 is 23.2 Å². The van der Waals surface area contributed by atoms with E-state index in [-0.39, 0.29) is 12.5 Å². The van der Waals surface area contributed by atoms with Crippen molar-refractivity contribution in [3.05, 3.63) is 105 Å². The van der Waals surface area contributed by atoms with Gasteiger partial charge in [0.05, 0.1) is 24.6 Å². The number of halogens is 2. The zero-order valence-corrected chi connectivity index (χ0v) is 23.8. The third-order valence-corrected chi connectivity index (χ3v) is 8.33. The molecule has 41 heavy (non-hydrogen) atoms. The Labute approximate surface area is 248 Å². The minimum Gasteiger partial charge on any atom is -0.387 e. The molecule has 10 heteroatoms. The minimum absolute atomic E-state index is 0.161. The maximum atomic E-state index is 14.3. The molecule has 2 aliphatic rings. The average molecular weight is 597 g/mol. The fraction of sp³-hybridized carbons (Fsp3) is 0.323. The molecule has 1 aliphatic heterocycles. The Morgan fingerprint density at radius 3 is 2.44 bits per heavy atom.